The summed E-state index contributed by atoms with van der Waals surface area (Å²) in [5.41, 5.74) is 13.9. The average molecular weight is 520 g/mol. The van der Waals surface area contributed by atoms with E-state index in [9.17, 15) is 9.59 Å². The van der Waals surface area contributed by atoms with E-state index in [-0.39, 0.29) is 17.9 Å². The van der Waals surface area contributed by atoms with Crippen LogP contribution in [-0.4, -0.2) is 64.3 Å². The monoisotopic (exact) mass is 519 g/mol. The molecule has 1 fully saturated rings. The van der Waals surface area contributed by atoms with E-state index in [0.29, 0.717) is 18.7 Å². The van der Waals surface area contributed by atoms with Crippen molar-refractivity contribution < 1.29 is 9.59 Å². The van der Waals surface area contributed by atoms with Crippen LogP contribution in [0.25, 0.3) is 0 Å². The number of nitrogens with zero attached hydrogens (tertiary/aromatic N) is 2. The molecule has 2 atom stereocenters. The van der Waals surface area contributed by atoms with Gasteiger partial charge in [-0.05, 0) is 43.4 Å². The van der Waals surface area contributed by atoms with Crippen molar-refractivity contribution in [1.82, 2.24) is 15.2 Å². The molecule has 1 aliphatic rings. The van der Waals surface area contributed by atoms with E-state index in [4.69, 9.17) is 11.5 Å². The molecule has 10 heteroatoms. The zero-order valence-corrected chi connectivity index (χ0v) is 21.7. The van der Waals surface area contributed by atoms with Gasteiger partial charge in [0.2, 0.25) is 5.91 Å². The van der Waals surface area contributed by atoms with Crippen molar-refractivity contribution in [3.63, 3.8) is 0 Å². The van der Waals surface area contributed by atoms with Crippen molar-refractivity contribution in [1.29, 1.82) is 0 Å². The number of carbonyl (C=O) groups excluding carboxylic acids is 2. The highest BCUT2D eigenvalue weighted by atomic mass is 33.1. The van der Waals surface area contributed by atoms with Gasteiger partial charge in [0.15, 0.2) is 0 Å². The van der Waals surface area contributed by atoms with Crippen LogP contribution >= 0.6 is 33.3 Å². The summed E-state index contributed by atoms with van der Waals surface area (Å²) in [6, 6.07) is 13.5. The van der Waals surface area contributed by atoms with Crippen LogP contribution in [-0.2, 0) is 11.2 Å². The van der Waals surface area contributed by atoms with E-state index in [1.54, 1.807) is 45.6 Å². The van der Waals surface area contributed by atoms with Crippen molar-refractivity contribution in [2.24, 2.45) is 11.5 Å². The van der Waals surface area contributed by atoms with Crippen LogP contribution in [0.1, 0.15) is 35.3 Å². The molecule has 0 bridgehead atoms. The molecule has 34 heavy (non-hydrogen) atoms. The Hall–Kier alpha value is -1.72. The number of hydrogen-bond donors (Lipinski definition) is 3. The molecule has 1 aliphatic heterocycles. The highest BCUT2D eigenvalue weighted by Gasteiger charge is 2.23. The number of amides is 2. The first-order chi connectivity index (χ1) is 16.5. The fourth-order valence-electron chi connectivity index (χ4n) is 3.46. The Morgan fingerprint density at radius 3 is 2.68 bits per heavy atom. The molecule has 1 aromatic heterocycles. The molecule has 2 heterocycles. The maximum Gasteiger partial charge on any atom is 0.269 e. The van der Waals surface area contributed by atoms with Gasteiger partial charge >= 0.3 is 0 Å². The molecule has 0 saturated carbocycles. The van der Waals surface area contributed by atoms with Gasteiger partial charge in [0, 0.05) is 41.7 Å². The summed E-state index contributed by atoms with van der Waals surface area (Å²) in [5.74, 6) is 2.40. The fraction of sp³-hybridized carbons (Fsp3) is 0.458. The summed E-state index contributed by atoms with van der Waals surface area (Å²) in [5, 5.41) is 2.89. The maximum atomic E-state index is 12.3. The molecule has 2 aromatic rings. The van der Waals surface area contributed by atoms with Gasteiger partial charge in [0.1, 0.15) is 5.69 Å². The Kier molecular flexibility index (Phi) is 11.6. The van der Waals surface area contributed by atoms with Gasteiger partial charge in [0.25, 0.3) is 5.91 Å². The average Bonchev–Trinajstić information content (AvgIpc) is 3.39. The number of rotatable bonds is 13. The third-order valence-corrected chi connectivity index (χ3v) is 8.78. The van der Waals surface area contributed by atoms with Crippen LogP contribution in [0.3, 0.4) is 0 Å². The first kappa shape index (κ1) is 26.9. The highest BCUT2D eigenvalue weighted by molar-refractivity contribution is 8.76. The topological polar surface area (TPSA) is 114 Å². The molecule has 2 unspecified atom stereocenters. The summed E-state index contributed by atoms with van der Waals surface area (Å²) in [7, 11) is 3.31. The summed E-state index contributed by atoms with van der Waals surface area (Å²) in [6.07, 6.45) is 4.77. The molecular weight excluding hydrogens is 486 g/mol. The number of pyridine rings is 1. The Labute approximate surface area is 214 Å². The predicted octanol–water partition coefficient (Wildman–Crippen LogP) is 3.15. The lowest BCUT2D eigenvalue weighted by Crippen LogP contribution is -2.42. The van der Waals surface area contributed by atoms with E-state index >= 15 is 0 Å². The lowest BCUT2D eigenvalue weighted by Gasteiger charge is -2.19. The van der Waals surface area contributed by atoms with Crippen LogP contribution in [0.4, 0.5) is 0 Å². The Balaban J connectivity index is 1.28. The molecule has 7 nitrogen and oxygen atoms in total. The summed E-state index contributed by atoms with van der Waals surface area (Å²) < 4.78 is 0. The Morgan fingerprint density at radius 2 is 1.97 bits per heavy atom. The molecule has 0 spiro atoms. The number of unbranched alkanes of at least 4 members (excludes halogenated alkanes) is 1. The summed E-state index contributed by atoms with van der Waals surface area (Å²) in [6.45, 7) is 1.32. The second kappa shape index (κ2) is 14.6. The summed E-state index contributed by atoms with van der Waals surface area (Å²) >= 11 is 1.76. The number of aromatic nitrogens is 1. The Morgan fingerprint density at radius 1 is 1.15 bits per heavy atom. The number of benzene rings is 1. The minimum absolute atomic E-state index is 0.0348. The quantitative estimate of drug-likeness (QED) is 0.273. The van der Waals surface area contributed by atoms with Gasteiger partial charge in [-0.25, -0.2) is 4.98 Å². The lowest BCUT2D eigenvalue weighted by molar-refractivity contribution is -0.131. The SMILES string of the molecule is NC(CSSc1ccc(C(=O)NCCCCC(N)C(=O)N2CCSC2)nc1)Cc1ccccc1. The zero-order valence-electron chi connectivity index (χ0n) is 19.2. The van der Waals surface area contributed by atoms with E-state index in [2.05, 4.69) is 22.4 Å². The largest absolute Gasteiger partial charge is 0.351 e. The van der Waals surface area contributed by atoms with Crippen molar-refractivity contribution in [2.45, 2.75) is 42.7 Å². The number of carbonyl (C=O) groups is 2. The van der Waals surface area contributed by atoms with E-state index < -0.39 is 6.04 Å². The van der Waals surface area contributed by atoms with Crippen molar-refractivity contribution in [3.8, 4) is 0 Å². The van der Waals surface area contributed by atoms with Gasteiger partial charge in [-0.1, -0.05) is 51.9 Å². The molecule has 3 rings (SSSR count). The molecule has 5 N–H and O–H groups in total. The van der Waals surface area contributed by atoms with E-state index in [1.807, 2.05) is 29.2 Å². The second-order valence-corrected chi connectivity index (χ2v) is 11.7. The maximum absolute atomic E-state index is 12.3. The predicted molar refractivity (Wildman–Crippen MR) is 144 cm³/mol. The third kappa shape index (κ3) is 9.14. The lowest BCUT2D eigenvalue weighted by atomic mass is 10.1. The van der Waals surface area contributed by atoms with E-state index in [0.717, 1.165) is 48.1 Å². The van der Waals surface area contributed by atoms with Crippen LogP contribution in [0.5, 0.6) is 0 Å². The third-order valence-electron chi connectivity index (χ3n) is 5.36. The molecular formula is C24H33N5O2S3. The number of thioether (sulfide) groups is 1. The zero-order chi connectivity index (χ0) is 24.2. The normalized spacial score (nSPS) is 15.2. The molecule has 1 aromatic carbocycles. The number of nitrogens with two attached hydrogens (primary N) is 2. The summed E-state index contributed by atoms with van der Waals surface area (Å²) in [4.78, 5) is 31.6. The minimum Gasteiger partial charge on any atom is -0.351 e. The fourth-order valence-corrected chi connectivity index (χ4v) is 6.56. The van der Waals surface area contributed by atoms with Gasteiger partial charge < -0.3 is 21.7 Å². The van der Waals surface area contributed by atoms with Gasteiger partial charge in [-0.2, -0.15) is 0 Å². The molecule has 1 saturated heterocycles. The molecule has 0 radical (unpaired) electrons. The van der Waals surface area contributed by atoms with E-state index in [1.165, 1.54) is 5.56 Å². The number of hydrogen-bond acceptors (Lipinski definition) is 8. The first-order valence-electron chi connectivity index (χ1n) is 11.5. The van der Waals surface area contributed by atoms with Crippen LogP contribution in [0.2, 0.25) is 0 Å². The van der Waals surface area contributed by atoms with Crippen LogP contribution in [0, 0.1) is 0 Å². The van der Waals surface area contributed by atoms with Crippen LogP contribution in [0.15, 0.2) is 53.6 Å². The molecule has 184 valence electrons. The van der Waals surface area contributed by atoms with Crippen molar-refractivity contribution >= 4 is 45.2 Å². The van der Waals surface area contributed by atoms with Crippen LogP contribution < -0.4 is 16.8 Å². The highest BCUT2D eigenvalue weighted by Crippen LogP contribution is 2.31. The molecule has 2 amide bonds. The second-order valence-electron chi connectivity index (χ2n) is 8.19. The smallest absolute Gasteiger partial charge is 0.269 e. The van der Waals surface area contributed by atoms with Gasteiger partial charge in [0.05, 0.1) is 11.9 Å². The van der Waals surface area contributed by atoms with Crippen molar-refractivity contribution in [2.75, 3.05) is 30.5 Å². The Bertz CT molecular complexity index is 895. The molecule has 0 aliphatic carbocycles. The first-order valence-corrected chi connectivity index (χ1v) is 15.0. The van der Waals surface area contributed by atoms with Gasteiger partial charge in [-0.15, -0.1) is 11.8 Å². The standard InChI is InChI=1S/C24H33N5O2S3/c25-19(14-18-6-2-1-3-7-18)16-33-34-20-9-10-22(28-15-20)23(30)27-11-5-4-8-21(26)24(31)29-12-13-32-17-29/h1-3,6-7,9-10,15,19,21H,4-5,8,11-14,16-17,25-26H2,(H,27,30). The minimum atomic E-state index is -0.452. The van der Waals surface area contributed by atoms with Gasteiger partial charge in [-0.3, -0.25) is 9.59 Å². The van der Waals surface area contributed by atoms with Crippen molar-refractivity contribution in [3.05, 3.63) is 59.9 Å². The number of nitrogens with one attached hydrogen (secondary N) is 1.